The molecule has 0 heterocycles. The van der Waals surface area contributed by atoms with Gasteiger partial charge >= 0.3 is 0 Å². The Balaban J connectivity index is 2.07. The summed E-state index contributed by atoms with van der Waals surface area (Å²) in [6, 6.07) is 10.1. The third kappa shape index (κ3) is 3.15. The van der Waals surface area contributed by atoms with Gasteiger partial charge in [-0.2, -0.15) is 5.26 Å². The van der Waals surface area contributed by atoms with E-state index in [1.54, 1.807) is 11.9 Å². The lowest BCUT2D eigenvalue weighted by Crippen LogP contribution is -2.53. The van der Waals surface area contributed by atoms with Gasteiger partial charge in [0.25, 0.3) is 5.91 Å². The van der Waals surface area contributed by atoms with E-state index in [1.165, 1.54) is 5.56 Å². The van der Waals surface area contributed by atoms with Crippen LogP contribution in [-0.4, -0.2) is 41.4 Å². The minimum absolute atomic E-state index is 0.0596. The molecule has 0 atom stereocenters. The minimum Gasteiger partial charge on any atom is -0.323 e. The maximum absolute atomic E-state index is 12.6. The monoisotopic (exact) mass is 299 g/mol. The Kier molecular flexibility index (Phi) is 5.20. The van der Waals surface area contributed by atoms with E-state index in [4.69, 9.17) is 0 Å². The number of nitriles is 1. The summed E-state index contributed by atoms with van der Waals surface area (Å²) in [5, 5.41) is 9.35. The van der Waals surface area contributed by atoms with Crippen LogP contribution in [0.1, 0.15) is 49.0 Å². The van der Waals surface area contributed by atoms with Crippen LogP contribution in [0.3, 0.4) is 0 Å². The van der Waals surface area contributed by atoms with Gasteiger partial charge in [0.05, 0.1) is 6.07 Å². The van der Waals surface area contributed by atoms with E-state index >= 15 is 0 Å². The fourth-order valence-corrected chi connectivity index (χ4v) is 2.88. The highest BCUT2D eigenvalue weighted by atomic mass is 16.2. The van der Waals surface area contributed by atoms with Gasteiger partial charge < -0.3 is 4.90 Å². The molecule has 0 radical (unpaired) electrons. The molecule has 0 unspecified atom stereocenters. The van der Waals surface area contributed by atoms with Crippen LogP contribution < -0.4 is 0 Å². The number of hydrogen-bond acceptors (Lipinski definition) is 3. The van der Waals surface area contributed by atoms with Crippen molar-refractivity contribution >= 4 is 5.91 Å². The maximum atomic E-state index is 12.6. The Morgan fingerprint density at radius 3 is 2.23 bits per heavy atom. The number of amides is 1. The SMILES string of the molecule is CCN(CC)Cc1ccc(C(=O)N(C)C2(C#N)CCC2)cc1. The summed E-state index contributed by atoms with van der Waals surface area (Å²) in [4.78, 5) is 16.5. The fraction of sp³-hybridized carbons (Fsp3) is 0.556. The average Bonchev–Trinajstić information content (AvgIpc) is 2.52. The van der Waals surface area contributed by atoms with Crippen molar-refractivity contribution in [3.05, 3.63) is 35.4 Å². The van der Waals surface area contributed by atoms with Crippen LogP contribution in [-0.2, 0) is 6.54 Å². The second-order valence-corrected chi connectivity index (χ2v) is 6.02. The van der Waals surface area contributed by atoms with Crippen molar-refractivity contribution in [1.29, 1.82) is 5.26 Å². The summed E-state index contributed by atoms with van der Waals surface area (Å²) in [5.41, 5.74) is 1.28. The van der Waals surface area contributed by atoms with Gasteiger partial charge in [0.1, 0.15) is 5.54 Å². The largest absolute Gasteiger partial charge is 0.323 e. The van der Waals surface area contributed by atoms with E-state index in [9.17, 15) is 10.1 Å². The Bertz CT molecular complexity index is 551. The summed E-state index contributed by atoms with van der Waals surface area (Å²) in [6.07, 6.45) is 2.59. The highest BCUT2D eigenvalue weighted by molar-refractivity contribution is 5.95. The van der Waals surface area contributed by atoms with Gasteiger partial charge in [-0.25, -0.2) is 0 Å². The lowest BCUT2D eigenvalue weighted by Gasteiger charge is -2.42. The van der Waals surface area contributed by atoms with Crippen molar-refractivity contribution in [3.8, 4) is 6.07 Å². The normalized spacial score (nSPS) is 16.0. The van der Waals surface area contributed by atoms with Crippen molar-refractivity contribution < 1.29 is 4.79 Å². The van der Waals surface area contributed by atoms with E-state index in [1.807, 2.05) is 24.3 Å². The van der Waals surface area contributed by atoms with E-state index in [0.717, 1.165) is 38.9 Å². The third-order valence-electron chi connectivity index (χ3n) is 4.84. The van der Waals surface area contributed by atoms with Gasteiger partial charge in [0, 0.05) is 19.2 Å². The second-order valence-electron chi connectivity index (χ2n) is 6.02. The molecule has 0 aromatic heterocycles. The maximum Gasteiger partial charge on any atom is 0.254 e. The highest BCUT2D eigenvalue weighted by Crippen LogP contribution is 2.36. The predicted molar refractivity (Wildman–Crippen MR) is 87.4 cm³/mol. The third-order valence-corrected chi connectivity index (χ3v) is 4.84. The van der Waals surface area contributed by atoms with Gasteiger partial charge in [-0.05, 0) is 50.0 Å². The first-order chi connectivity index (χ1) is 10.6. The lowest BCUT2D eigenvalue weighted by atomic mass is 9.76. The molecular weight excluding hydrogens is 274 g/mol. The van der Waals surface area contributed by atoms with E-state index < -0.39 is 5.54 Å². The standard InChI is InChI=1S/C18H25N3O/c1-4-21(5-2)13-15-7-9-16(10-8-15)17(22)20(3)18(14-19)11-6-12-18/h7-10H,4-6,11-13H2,1-3H3. The molecule has 1 aromatic carbocycles. The van der Waals surface area contributed by atoms with Crippen LogP contribution in [0.25, 0.3) is 0 Å². The molecule has 0 spiro atoms. The van der Waals surface area contributed by atoms with Crippen molar-refractivity contribution in [2.24, 2.45) is 0 Å². The zero-order chi connectivity index (χ0) is 16.2. The van der Waals surface area contributed by atoms with Crippen LogP contribution in [0.2, 0.25) is 0 Å². The topological polar surface area (TPSA) is 47.3 Å². The first kappa shape index (κ1) is 16.5. The van der Waals surface area contributed by atoms with Gasteiger partial charge in [0.2, 0.25) is 0 Å². The first-order valence-corrected chi connectivity index (χ1v) is 8.07. The smallest absolute Gasteiger partial charge is 0.254 e. The molecule has 2 rings (SSSR count). The van der Waals surface area contributed by atoms with Crippen LogP contribution >= 0.6 is 0 Å². The summed E-state index contributed by atoms with van der Waals surface area (Å²) < 4.78 is 0. The Morgan fingerprint density at radius 2 is 1.82 bits per heavy atom. The van der Waals surface area contributed by atoms with Crippen molar-refractivity contribution in [2.75, 3.05) is 20.1 Å². The summed E-state index contributed by atoms with van der Waals surface area (Å²) in [7, 11) is 1.74. The number of rotatable bonds is 6. The lowest BCUT2D eigenvalue weighted by molar-refractivity contribution is 0.0497. The highest BCUT2D eigenvalue weighted by Gasteiger charge is 2.43. The Hall–Kier alpha value is -1.86. The zero-order valence-electron chi connectivity index (χ0n) is 13.8. The molecule has 118 valence electrons. The molecular formula is C18H25N3O. The second kappa shape index (κ2) is 6.93. The van der Waals surface area contributed by atoms with E-state index in [0.29, 0.717) is 5.56 Å². The Labute approximate surface area is 133 Å². The Morgan fingerprint density at radius 1 is 1.23 bits per heavy atom. The molecule has 0 saturated heterocycles. The number of hydrogen-bond donors (Lipinski definition) is 0. The summed E-state index contributed by atoms with van der Waals surface area (Å²) >= 11 is 0. The van der Waals surface area contributed by atoms with Crippen LogP contribution in [0, 0.1) is 11.3 Å². The van der Waals surface area contributed by atoms with Gasteiger partial charge in [0.15, 0.2) is 0 Å². The number of carbonyl (C=O) groups excluding carboxylic acids is 1. The molecule has 1 aliphatic carbocycles. The van der Waals surface area contributed by atoms with E-state index in [2.05, 4.69) is 24.8 Å². The summed E-state index contributed by atoms with van der Waals surface area (Å²) in [6.45, 7) is 7.24. The minimum atomic E-state index is -0.586. The zero-order valence-corrected chi connectivity index (χ0v) is 13.8. The predicted octanol–water partition coefficient (Wildman–Crippen LogP) is 3.05. The molecule has 4 nitrogen and oxygen atoms in total. The molecule has 0 N–H and O–H groups in total. The van der Waals surface area contributed by atoms with Crippen molar-refractivity contribution in [3.63, 3.8) is 0 Å². The molecule has 22 heavy (non-hydrogen) atoms. The van der Waals surface area contributed by atoms with Gasteiger partial charge in [-0.1, -0.05) is 26.0 Å². The number of nitrogens with zero attached hydrogens (tertiary/aromatic N) is 3. The van der Waals surface area contributed by atoms with E-state index in [-0.39, 0.29) is 5.91 Å². The number of benzene rings is 1. The quantitative estimate of drug-likeness (QED) is 0.811. The number of carbonyl (C=O) groups is 1. The van der Waals surface area contributed by atoms with Crippen molar-refractivity contribution in [1.82, 2.24) is 9.80 Å². The molecule has 1 aromatic rings. The van der Waals surface area contributed by atoms with Crippen LogP contribution in [0.4, 0.5) is 0 Å². The van der Waals surface area contributed by atoms with Crippen LogP contribution in [0.15, 0.2) is 24.3 Å². The van der Waals surface area contributed by atoms with Gasteiger partial charge in [-0.15, -0.1) is 0 Å². The molecule has 1 fully saturated rings. The summed E-state index contributed by atoms with van der Waals surface area (Å²) in [5.74, 6) is -0.0596. The molecule has 0 aliphatic heterocycles. The van der Waals surface area contributed by atoms with Crippen LogP contribution in [0.5, 0.6) is 0 Å². The molecule has 1 amide bonds. The van der Waals surface area contributed by atoms with Gasteiger partial charge in [-0.3, -0.25) is 9.69 Å². The molecule has 4 heteroatoms. The fourth-order valence-electron chi connectivity index (χ4n) is 2.88. The first-order valence-electron chi connectivity index (χ1n) is 8.07. The average molecular weight is 299 g/mol. The molecule has 1 saturated carbocycles. The molecule has 1 aliphatic rings. The van der Waals surface area contributed by atoms with Crippen molar-refractivity contribution in [2.45, 2.75) is 45.2 Å². The molecule has 0 bridgehead atoms.